The van der Waals surface area contributed by atoms with Gasteiger partial charge in [0, 0.05) is 12.1 Å². The molecule has 0 aliphatic heterocycles. The first-order valence-electron chi connectivity index (χ1n) is 7.47. The van der Waals surface area contributed by atoms with Gasteiger partial charge in [0.25, 0.3) is 12.2 Å². The van der Waals surface area contributed by atoms with Crippen molar-refractivity contribution in [1.82, 2.24) is 4.67 Å². The summed E-state index contributed by atoms with van der Waals surface area (Å²) in [5, 5.41) is 0. The summed E-state index contributed by atoms with van der Waals surface area (Å²) in [6.07, 6.45) is -35.4. The van der Waals surface area contributed by atoms with Crippen molar-refractivity contribution >= 4 is 7.75 Å². The molecule has 0 heterocycles. The Kier molecular flexibility index (Phi) is 8.57. The Morgan fingerprint density at radius 2 is 0.793 bits per heavy atom. The van der Waals surface area contributed by atoms with Gasteiger partial charge in [-0.15, -0.1) is 0 Å². The van der Waals surface area contributed by atoms with Crippen LogP contribution in [0, 0.1) is 0 Å². The molecule has 0 bridgehead atoms. The lowest BCUT2D eigenvalue weighted by Gasteiger charge is -2.40. The summed E-state index contributed by atoms with van der Waals surface area (Å²) < 4.78 is 172. The lowest BCUT2D eigenvalue weighted by molar-refractivity contribution is -0.316. The summed E-state index contributed by atoms with van der Waals surface area (Å²) in [7, 11) is -6.49. The van der Waals surface area contributed by atoms with E-state index in [2.05, 4.69) is 9.05 Å². The molecule has 176 valence electrons. The van der Waals surface area contributed by atoms with Crippen LogP contribution in [0.4, 0.5) is 52.7 Å². The number of halogens is 12. The summed E-state index contributed by atoms with van der Waals surface area (Å²) in [6, 6.07) is -2.88. The molecule has 0 rings (SSSR count). The summed E-state index contributed by atoms with van der Waals surface area (Å²) in [5.41, 5.74) is 0. The zero-order valence-corrected chi connectivity index (χ0v) is 15.9. The number of hydrogen-bond acceptors (Lipinski definition) is 3. The number of alkyl halides is 12. The molecule has 0 atom stereocenters. The molecule has 0 aromatic carbocycles. The lowest BCUT2D eigenvalue weighted by Crippen LogP contribution is -2.49. The molecule has 0 unspecified atom stereocenters. The van der Waals surface area contributed by atoms with Gasteiger partial charge >= 0.3 is 32.5 Å². The number of hydrogen-bond donors (Lipinski definition) is 0. The largest absolute Gasteiger partial charge is 0.424 e. The smallest absolute Gasteiger partial charge is 0.274 e. The van der Waals surface area contributed by atoms with E-state index in [4.69, 9.17) is 0 Å². The summed E-state index contributed by atoms with van der Waals surface area (Å²) >= 11 is 0. The van der Waals surface area contributed by atoms with Crippen LogP contribution >= 0.6 is 7.75 Å². The maximum atomic E-state index is 12.7. The standard InChI is InChI=1S/C12H16F12NO3P/c1-5(2)25(6(3)4)29(26,27-7(9(13,14)15)10(16,17)18)28-8(11(19,20)21)12(22,23)24/h5-8H,1-4H3. The van der Waals surface area contributed by atoms with Gasteiger partial charge in [-0.2, -0.15) is 52.7 Å². The van der Waals surface area contributed by atoms with E-state index < -0.39 is 56.7 Å². The fourth-order valence-corrected chi connectivity index (χ4v) is 4.58. The Labute approximate surface area is 156 Å². The van der Waals surface area contributed by atoms with Crippen molar-refractivity contribution in [2.75, 3.05) is 0 Å². The van der Waals surface area contributed by atoms with Crippen molar-refractivity contribution in [3.8, 4) is 0 Å². The highest BCUT2D eigenvalue weighted by molar-refractivity contribution is 7.51. The molecule has 29 heavy (non-hydrogen) atoms. The van der Waals surface area contributed by atoms with Crippen LogP contribution in [-0.2, 0) is 13.6 Å². The fraction of sp³-hybridized carbons (Fsp3) is 1.00. The van der Waals surface area contributed by atoms with Crippen molar-refractivity contribution in [3.05, 3.63) is 0 Å². The Hall–Kier alpha value is -0.730. The molecule has 0 aromatic rings. The first kappa shape index (κ1) is 28.3. The van der Waals surface area contributed by atoms with Gasteiger partial charge in [0.15, 0.2) is 0 Å². The second kappa shape index (κ2) is 8.79. The second-order valence-electron chi connectivity index (χ2n) is 6.17. The average Bonchev–Trinajstić information content (AvgIpc) is 2.36. The molecule has 0 N–H and O–H groups in total. The van der Waals surface area contributed by atoms with Gasteiger partial charge in [-0.05, 0) is 27.7 Å². The van der Waals surface area contributed by atoms with E-state index in [9.17, 15) is 57.3 Å². The zero-order valence-electron chi connectivity index (χ0n) is 15.0. The fourth-order valence-electron chi connectivity index (χ4n) is 2.17. The number of nitrogens with zero attached hydrogens (tertiary/aromatic N) is 1. The van der Waals surface area contributed by atoms with Gasteiger partial charge in [0.2, 0.25) is 0 Å². The van der Waals surface area contributed by atoms with Crippen molar-refractivity contribution < 1.29 is 66.3 Å². The molecule has 0 spiro atoms. The topological polar surface area (TPSA) is 38.8 Å². The van der Waals surface area contributed by atoms with E-state index in [-0.39, 0.29) is 4.67 Å². The van der Waals surface area contributed by atoms with Gasteiger partial charge in [-0.1, -0.05) is 0 Å². The molecule has 0 aliphatic carbocycles. The molecule has 0 saturated carbocycles. The van der Waals surface area contributed by atoms with Crippen LogP contribution in [-0.4, -0.2) is 53.7 Å². The van der Waals surface area contributed by atoms with Crippen molar-refractivity contribution in [2.24, 2.45) is 0 Å². The molecule has 0 radical (unpaired) electrons. The van der Waals surface area contributed by atoms with Crippen molar-refractivity contribution in [3.63, 3.8) is 0 Å². The third-order valence-electron chi connectivity index (χ3n) is 3.01. The Bertz CT molecular complexity index is 507. The van der Waals surface area contributed by atoms with Crippen molar-refractivity contribution in [2.45, 2.75) is 76.7 Å². The minimum absolute atomic E-state index is 0.0536. The van der Waals surface area contributed by atoms with Crippen LogP contribution in [0.3, 0.4) is 0 Å². The molecule has 0 fully saturated rings. The molecule has 4 nitrogen and oxygen atoms in total. The predicted molar refractivity (Wildman–Crippen MR) is 73.7 cm³/mol. The highest BCUT2D eigenvalue weighted by atomic mass is 31.2. The first-order chi connectivity index (χ1) is 12.4. The maximum Gasteiger partial charge on any atom is 0.424 e. The van der Waals surface area contributed by atoms with Gasteiger partial charge in [-0.3, -0.25) is 9.05 Å². The van der Waals surface area contributed by atoms with Gasteiger partial charge in [-0.25, -0.2) is 9.24 Å². The monoisotopic (exact) mass is 481 g/mol. The van der Waals surface area contributed by atoms with Crippen LogP contribution in [0.2, 0.25) is 0 Å². The van der Waals surface area contributed by atoms with E-state index in [1.54, 1.807) is 0 Å². The van der Waals surface area contributed by atoms with Crippen LogP contribution in [0.15, 0.2) is 0 Å². The third-order valence-corrected chi connectivity index (χ3v) is 5.45. The van der Waals surface area contributed by atoms with Crippen molar-refractivity contribution in [1.29, 1.82) is 0 Å². The average molecular weight is 481 g/mol. The Balaban J connectivity index is 6.61. The molecule has 17 heteroatoms. The number of rotatable bonds is 7. The van der Waals surface area contributed by atoms with E-state index in [0.29, 0.717) is 0 Å². The van der Waals surface area contributed by atoms with E-state index in [1.807, 2.05) is 0 Å². The summed E-state index contributed by atoms with van der Waals surface area (Å²) in [5.74, 6) is 0. The van der Waals surface area contributed by atoms with Crippen LogP contribution in [0.1, 0.15) is 27.7 Å². The van der Waals surface area contributed by atoms with Crippen LogP contribution < -0.4 is 0 Å². The first-order valence-corrected chi connectivity index (χ1v) is 8.96. The Morgan fingerprint density at radius 1 is 0.586 bits per heavy atom. The second-order valence-corrected chi connectivity index (χ2v) is 7.99. The van der Waals surface area contributed by atoms with E-state index in [0.717, 1.165) is 27.7 Å². The molecular formula is C12H16F12NO3P. The molecule has 0 amide bonds. The van der Waals surface area contributed by atoms with E-state index >= 15 is 0 Å². The minimum Gasteiger partial charge on any atom is -0.274 e. The van der Waals surface area contributed by atoms with Gasteiger partial charge < -0.3 is 0 Å². The lowest BCUT2D eigenvalue weighted by atomic mass is 10.3. The summed E-state index contributed by atoms with van der Waals surface area (Å²) in [4.78, 5) is 0. The quantitative estimate of drug-likeness (QED) is 0.319. The van der Waals surface area contributed by atoms with Crippen LogP contribution in [0.5, 0.6) is 0 Å². The van der Waals surface area contributed by atoms with Gasteiger partial charge in [0.05, 0.1) is 0 Å². The SMILES string of the molecule is CC(C)N(C(C)C)P(=O)(OC(C(F)(F)F)C(F)(F)F)OC(C(F)(F)F)C(F)(F)F. The zero-order chi connectivity index (χ0) is 23.8. The minimum atomic E-state index is -6.49. The molecular weight excluding hydrogens is 465 g/mol. The Morgan fingerprint density at radius 3 is 0.931 bits per heavy atom. The maximum absolute atomic E-state index is 12.7. The molecule has 0 saturated heterocycles. The van der Waals surface area contributed by atoms with Crippen LogP contribution in [0.25, 0.3) is 0 Å². The van der Waals surface area contributed by atoms with E-state index in [1.165, 1.54) is 0 Å². The predicted octanol–water partition coefficient (Wildman–Crippen LogP) is 6.23. The molecule has 0 aromatic heterocycles. The molecule has 0 aliphatic rings. The summed E-state index contributed by atoms with van der Waals surface area (Å²) in [6.45, 7) is 3.74. The highest BCUT2D eigenvalue weighted by Gasteiger charge is 2.66. The normalized spacial score (nSPS) is 15.5. The highest BCUT2D eigenvalue weighted by Crippen LogP contribution is 2.61. The third kappa shape index (κ3) is 7.79. The van der Waals surface area contributed by atoms with Gasteiger partial charge in [0.1, 0.15) is 0 Å².